The van der Waals surface area contributed by atoms with Gasteiger partial charge in [0.05, 0.1) is 12.1 Å². The van der Waals surface area contributed by atoms with Gasteiger partial charge < -0.3 is 10.1 Å². The third-order valence-electron chi connectivity index (χ3n) is 4.29. The summed E-state index contributed by atoms with van der Waals surface area (Å²) in [6.45, 7) is 4.82. The molecule has 24 heavy (non-hydrogen) atoms. The van der Waals surface area contributed by atoms with Crippen LogP contribution >= 0.6 is 11.6 Å². The topological polar surface area (TPSA) is 50.3 Å². The summed E-state index contributed by atoms with van der Waals surface area (Å²) < 4.78 is 5.31. The molecular formula is C18H23ClN4O. The number of likely N-dealkylation sites (tertiary alicyclic amines) is 1. The lowest BCUT2D eigenvalue weighted by Gasteiger charge is -2.33. The summed E-state index contributed by atoms with van der Waals surface area (Å²) in [5, 5.41) is 4.16. The van der Waals surface area contributed by atoms with Crippen molar-refractivity contribution in [1.82, 2.24) is 14.9 Å². The van der Waals surface area contributed by atoms with Crippen LogP contribution in [0.2, 0.25) is 5.02 Å². The normalized spacial score (nSPS) is 18.4. The molecule has 1 fully saturated rings. The Balaban J connectivity index is 1.63. The van der Waals surface area contributed by atoms with Gasteiger partial charge in [-0.2, -0.15) is 0 Å². The first-order valence-corrected chi connectivity index (χ1v) is 8.63. The van der Waals surface area contributed by atoms with E-state index in [0.717, 1.165) is 49.5 Å². The van der Waals surface area contributed by atoms with Crippen molar-refractivity contribution >= 4 is 17.5 Å². The zero-order valence-corrected chi connectivity index (χ0v) is 14.9. The van der Waals surface area contributed by atoms with Gasteiger partial charge in [-0.25, -0.2) is 9.97 Å². The quantitative estimate of drug-likeness (QED) is 0.897. The van der Waals surface area contributed by atoms with Crippen LogP contribution < -0.4 is 10.1 Å². The van der Waals surface area contributed by atoms with Crippen LogP contribution in [-0.4, -0.2) is 41.1 Å². The van der Waals surface area contributed by atoms with E-state index in [-0.39, 0.29) is 0 Å². The smallest absolute Gasteiger partial charge is 0.223 e. The average molecular weight is 347 g/mol. The number of halogens is 1. The van der Waals surface area contributed by atoms with E-state index in [1.165, 1.54) is 0 Å². The van der Waals surface area contributed by atoms with E-state index < -0.39 is 0 Å². The number of anilines is 1. The molecule has 2 aromatic rings. The summed E-state index contributed by atoms with van der Waals surface area (Å²) in [6.07, 6.45) is 4.06. The van der Waals surface area contributed by atoms with Gasteiger partial charge in [0.1, 0.15) is 5.75 Å². The molecule has 1 atom stereocenters. The van der Waals surface area contributed by atoms with Crippen molar-refractivity contribution in [2.24, 2.45) is 0 Å². The molecule has 0 bridgehead atoms. The summed E-state index contributed by atoms with van der Waals surface area (Å²) in [6, 6.07) is 8.20. The third-order valence-corrected chi connectivity index (χ3v) is 4.72. The van der Waals surface area contributed by atoms with Crippen LogP contribution in [-0.2, 0) is 6.54 Å². The lowest BCUT2D eigenvalue weighted by Crippen LogP contribution is -2.42. The third kappa shape index (κ3) is 4.16. The second kappa shape index (κ2) is 7.81. The molecule has 1 unspecified atom stereocenters. The van der Waals surface area contributed by atoms with Gasteiger partial charge in [0.2, 0.25) is 5.95 Å². The summed E-state index contributed by atoms with van der Waals surface area (Å²) in [5.41, 5.74) is 2.08. The van der Waals surface area contributed by atoms with Crippen LogP contribution in [0.1, 0.15) is 24.1 Å². The molecular weight excluding hydrogens is 324 g/mol. The van der Waals surface area contributed by atoms with E-state index >= 15 is 0 Å². The molecule has 2 heterocycles. The monoisotopic (exact) mass is 346 g/mol. The molecule has 1 aliphatic heterocycles. The van der Waals surface area contributed by atoms with Crippen LogP contribution in [0.4, 0.5) is 5.95 Å². The van der Waals surface area contributed by atoms with Crippen LogP contribution in [0, 0.1) is 6.92 Å². The number of aryl methyl sites for hydroxylation is 1. The minimum absolute atomic E-state index is 0.352. The van der Waals surface area contributed by atoms with Crippen molar-refractivity contribution in [3.63, 3.8) is 0 Å². The summed E-state index contributed by atoms with van der Waals surface area (Å²) >= 11 is 6.42. The minimum Gasteiger partial charge on any atom is -0.495 e. The van der Waals surface area contributed by atoms with E-state index in [1.54, 1.807) is 13.3 Å². The van der Waals surface area contributed by atoms with E-state index in [1.807, 2.05) is 25.1 Å². The van der Waals surface area contributed by atoms with Crippen molar-refractivity contribution in [1.29, 1.82) is 0 Å². The molecule has 1 saturated heterocycles. The van der Waals surface area contributed by atoms with Crippen molar-refractivity contribution < 1.29 is 4.74 Å². The second-order valence-corrected chi connectivity index (χ2v) is 6.55. The largest absolute Gasteiger partial charge is 0.495 e. The number of rotatable bonds is 5. The first-order valence-electron chi connectivity index (χ1n) is 8.25. The van der Waals surface area contributed by atoms with E-state index in [9.17, 15) is 0 Å². The number of nitrogens with one attached hydrogen (secondary N) is 1. The summed E-state index contributed by atoms with van der Waals surface area (Å²) in [4.78, 5) is 11.2. The molecule has 0 spiro atoms. The minimum atomic E-state index is 0.352. The zero-order valence-electron chi connectivity index (χ0n) is 14.1. The van der Waals surface area contributed by atoms with Gasteiger partial charge in [-0.1, -0.05) is 23.7 Å². The maximum atomic E-state index is 6.42. The molecule has 6 heteroatoms. The number of nitrogens with zero attached hydrogens (tertiary/aromatic N) is 3. The number of methoxy groups -OCH3 is 1. The van der Waals surface area contributed by atoms with Crippen molar-refractivity contribution in [2.75, 3.05) is 25.5 Å². The molecule has 1 aromatic heterocycles. The molecule has 1 aromatic carbocycles. The predicted molar refractivity (Wildman–Crippen MR) is 96.7 cm³/mol. The maximum absolute atomic E-state index is 6.42. The number of hydrogen-bond acceptors (Lipinski definition) is 5. The molecule has 1 N–H and O–H groups in total. The molecule has 0 amide bonds. The molecule has 0 radical (unpaired) electrons. The van der Waals surface area contributed by atoms with Crippen molar-refractivity contribution in [3.05, 3.63) is 46.7 Å². The first kappa shape index (κ1) is 17.0. The highest BCUT2D eigenvalue weighted by atomic mass is 35.5. The lowest BCUT2D eigenvalue weighted by molar-refractivity contribution is 0.208. The maximum Gasteiger partial charge on any atom is 0.223 e. The van der Waals surface area contributed by atoms with Gasteiger partial charge in [0.15, 0.2) is 0 Å². The van der Waals surface area contributed by atoms with Crippen LogP contribution in [0.3, 0.4) is 0 Å². The van der Waals surface area contributed by atoms with Gasteiger partial charge >= 0.3 is 0 Å². The van der Waals surface area contributed by atoms with Crippen LogP contribution in [0.5, 0.6) is 5.75 Å². The van der Waals surface area contributed by atoms with Gasteiger partial charge in [0.25, 0.3) is 0 Å². The molecule has 0 saturated carbocycles. The standard InChI is InChI=1S/C18H23ClN4O/c1-13-8-9-20-18(21-13)22-15-6-4-10-23(12-15)11-14-5-3-7-16(24-2)17(14)19/h3,5,7-9,15H,4,6,10-12H2,1-2H3,(H,20,21,22). The zero-order chi connectivity index (χ0) is 16.9. The number of ether oxygens (including phenoxy) is 1. The highest BCUT2D eigenvalue weighted by Crippen LogP contribution is 2.29. The van der Waals surface area contributed by atoms with Gasteiger partial charge in [-0.05, 0) is 44.0 Å². The second-order valence-electron chi connectivity index (χ2n) is 6.17. The Hall–Kier alpha value is -1.85. The Kier molecular flexibility index (Phi) is 5.53. The van der Waals surface area contributed by atoms with Crippen LogP contribution in [0.25, 0.3) is 0 Å². The molecule has 0 aliphatic carbocycles. The van der Waals surface area contributed by atoms with Gasteiger partial charge in [0, 0.05) is 31.0 Å². The molecule has 3 rings (SSSR count). The summed E-state index contributed by atoms with van der Waals surface area (Å²) in [5.74, 6) is 1.44. The molecule has 128 valence electrons. The highest BCUT2D eigenvalue weighted by molar-refractivity contribution is 6.32. The van der Waals surface area contributed by atoms with E-state index in [2.05, 4.69) is 26.3 Å². The number of benzene rings is 1. The Morgan fingerprint density at radius 1 is 1.38 bits per heavy atom. The fourth-order valence-electron chi connectivity index (χ4n) is 3.09. The van der Waals surface area contributed by atoms with Gasteiger partial charge in [-0.15, -0.1) is 0 Å². The van der Waals surface area contributed by atoms with E-state index in [0.29, 0.717) is 17.0 Å². The molecule has 1 aliphatic rings. The fourth-order valence-corrected chi connectivity index (χ4v) is 3.36. The first-order chi connectivity index (χ1) is 11.7. The van der Waals surface area contributed by atoms with Crippen molar-refractivity contribution in [3.8, 4) is 5.75 Å². The van der Waals surface area contributed by atoms with Crippen molar-refractivity contribution in [2.45, 2.75) is 32.4 Å². The average Bonchev–Trinajstić information content (AvgIpc) is 2.57. The lowest BCUT2D eigenvalue weighted by atomic mass is 10.0. The van der Waals surface area contributed by atoms with Gasteiger partial charge in [-0.3, -0.25) is 4.90 Å². The Labute approximate surface area is 148 Å². The predicted octanol–water partition coefficient (Wildman–Crippen LogP) is 3.52. The molecule has 5 nitrogen and oxygen atoms in total. The Bertz CT molecular complexity index is 694. The highest BCUT2D eigenvalue weighted by Gasteiger charge is 2.21. The fraction of sp³-hybridized carbons (Fsp3) is 0.444. The Morgan fingerprint density at radius 2 is 2.25 bits per heavy atom. The van der Waals surface area contributed by atoms with E-state index in [4.69, 9.17) is 16.3 Å². The number of hydrogen-bond donors (Lipinski definition) is 1. The SMILES string of the molecule is COc1cccc(CN2CCCC(Nc3nccc(C)n3)C2)c1Cl. The Morgan fingerprint density at radius 3 is 3.04 bits per heavy atom. The number of piperidine rings is 1. The summed E-state index contributed by atoms with van der Waals surface area (Å²) in [7, 11) is 1.65. The number of aromatic nitrogens is 2. The van der Waals surface area contributed by atoms with Crippen LogP contribution in [0.15, 0.2) is 30.5 Å².